The summed E-state index contributed by atoms with van der Waals surface area (Å²) in [5, 5.41) is 9.91. The Kier molecular flexibility index (Phi) is 3.00. The molecule has 3 atom stereocenters. The fourth-order valence-electron chi connectivity index (χ4n) is 3.48. The first-order chi connectivity index (χ1) is 7.42. The van der Waals surface area contributed by atoms with Crippen LogP contribution in [-0.2, 0) is 0 Å². The van der Waals surface area contributed by atoms with E-state index in [1.165, 1.54) is 18.4 Å². The highest BCUT2D eigenvalue weighted by molar-refractivity contribution is 5.16. The van der Waals surface area contributed by atoms with Crippen molar-refractivity contribution in [3.05, 3.63) is 24.3 Å². The summed E-state index contributed by atoms with van der Waals surface area (Å²) < 4.78 is 0. The number of fused-ring (bicyclic) bond motifs is 1. The summed E-state index contributed by atoms with van der Waals surface area (Å²) in [6, 6.07) is 0. The van der Waals surface area contributed by atoms with E-state index in [0.29, 0.717) is 11.3 Å². The Balaban J connectivity index is 2.12. The highest BCUT2D eigenvalue weighted by atomic mass is 16.3. The molecule has 0 amide bonds. The van der Waals surface area contributed by atoms with Crippen LogP contribution in [-0.4, -0.2) is 11.2 Å². The zero-order chi connectivity index (χ0) is 11.9. The predicted molar refractivity (Wildman–Crippen MR) is 68.1 cm³/mol. The largest absolute Gasteiger partial charge is 0.389 e. The van der Waals surface area contributed by atoms with Crippen molar-refractivity contribution in [2.75, 3.05) is 0 Å². The van der Waals surface area contributed by atoms with Gasteiger partial charge in [0.05, 0.1) is 6.10 Å². The second-order valence-corrected chi connectivity index (χ2v) is 6.32. The van der Waals surface area contributed by atoms with E-state index in [1.54, 1.807) is 0 Å². The van der Waals surface area contributed by atoms with Gasteiger partial charge in [-0.1, -0.05) is 32.6 Å². The lowest BCUT2D eigenvalue weighted by atomic mass is 9.52. The van der Waals surface area contributed by atoms with E-state index in [1.807, 2.05) is 0 Å². The molecule has 0 radical (unpaired) electrons. The van der Waals surface area contributed by atoms with Gasteiger partial charge in [-0.3, -0.25) is 0 Å². The van der Waals surface area contributed by atoms with Crippen LogP contribution in [0.5, 0.6) is 0 Å². The van der Waals surface area contributed by atoms with Gasteiger partial charge in [0.1, 0.15) is 0 Å². The summed E-state index contributed by atoms with van der Waals surface area (Å²) in [7, 11) is 0. The molecule has 0 aromatic carbocycles. The van der Waals surface area contributed by atoms with Crippen LogP contribution in [0.3, 0.4) is 0 Å². The molecule has 1 heteroatoms. The first-order valence-corrected chi connectivity index (χ1v) is 6.45. The number of allylic oxidation sites excluding steroid dienone is 1. The molecule has 0 aromatic rings. The van der Waals surface area contributed by atoms with Gasteiger partial charge in [0.2, 0.25) is 0 Å². The SMILES string of the molecule is C=C1CC[C@@H]2[C@H](CC2(C)C)C(=C)CCC1O. The number of hydrogen-bond acceptors (Lipinski definition) is 1. The van der Waals surface area contributed by atoms with Crippen molar-refractivity contribution in [1.29, 1.82) is 0 Å². The van der Waals surface area contributed by atoms with Gasteiger partial charge in [0, 0.05) is 0 Å². The summed E-state index contributed by atoms with van der Waals surface area (Å²) in [6.45, 7) is 13.0. The van der Waals surface area contributed by atoms with Crippen molar-refractivity contribution in [3.8, 4) is 0 Å². The standard InChI is InChI=1S/C15H24O/c1-10-6-8-14(16)11(2)5-7-13-12(10)9-15(13,3)4/h12-14,16H,1-2,5-9H2,3-4H3/t12-,13-,14?/m1/s1. The fourth-order valence-corrected chi connectivity index (χ4v) is 3.48. The minimum absolute atomic E-state index is 0.308. The molecule has 0 saturated heterocycles. The van der Waals surface area contributed by atoms with Crippen LogP contribution in [0.15, 0.2) is 24.3 Å². The van der Waals surface area contributed by atoms with E-state index in [-0.39, 0.29) is 6.10 Å². The maximum absolute atomic E-state index is 9.91. The normalized spacial score (nSPS) is 39.1. The van der Waals surface area contributed by atoms with Crippen molar-refractivity contribution >= 4 is 0 Å². The van der Waals surface area contributed by atoms with Crippen molar-refractivity contribution < 1.29 is 5.11 Å². The molecular weight excluding hydrogens is 196 g/mol. The summed E-state index contributed by atoms with van der Waals surface area (Å²) >= 11 is 0. The average molecular weight is 220 g/mol. The Morgan fingerprint density at radius 3 is 2.38 bits per heavy atom. The monoisotopic (exact) mass is 220 g/mol. The quantitative estimate of drug-likeness (QED) is 0.617. The van der Waals surface area contributed by atoms with Crippen LogP contribution in [0.1, 0.15) is 46.0 Å². The molecule has 2 aliphatic carbocycles. The zero-order valence-corrected chi connectivity index (χ0v) is 10.6. The molecule has 1 N–H and O–H groups in total. The molecule has 0 heterocycles. The minimum atomic E-state index is -0.308. The number of rotatable bonds is 0. The van der Waals surface area contributed by atoms with E-state index in [9.17, 15) is 5.11 Å². The molecule has 16 heavy (non-hydrogen) atoms. The molecule has 1 unspecified atom stereocenters. The van der Waals surface area contributed by atoms with Gasteiger partial charge in [0.15, 0.2) is 0 Å². The third-order valence-corrected chi connectivity index (χ3v) is 4.75. The van der Waals surface area contributed by atoms with Gasteiger partial charge in [-0.15, -0.1) is 0 Å². The van der Waals surface area contributed by atoms with Crippen LogP contribution in [0.2, 0.25) is 0 Å². The van der Waals surface area contributed by atoms with Crippen molar-refractivity contribution in [2.45, 2.75) is 52.1 Å². The van der Waals surface area contributed by atoms with Gasteiger partial charge in [-0.2, -0.15) is 0 Å². The highest BCUT2D eigenvalue weighted by Gasteiger charge is 2.47. The van der Waals surface area contributed by atoms with E-state index < -0.39 is 0 Å². The third kappa shape index (κ3) is 1.98. The molecule has 0 spiro atoms. The van der Waals surface area contributed by atoms with Crippen molar-refractivity contribution in [3.63, 3.8) is 0 Å². The summed E-state index contributed by atoms with van der Waals surface area (Å²) in [5.74, 6) is 1.45. The fraction of sp³-hybridized carbons (Fsp3) is 0.733. The third-order valence-electron chi connectivity index (χ3n) is 4.75. The van der Waals surface area contributed by atoms with Gasteiger partial charge in [0.25, 0.3) is 0 Å². The van der Waals surface area contributed by atoms with Gasteiger partial charge < -0.3 is 5.11 Å². The number of aliphatic hydroxyl groups is 1. The molecule has 2 rings (SSSR count). The van der Waals surface area contributed by atoms with E-state index in [2.05, 4.69) is 27.0 Å². The average Bonchev–Trinajstić information content (AvgIpc) is 2.24. The van der Waals surface area contributed by atoms with Crippen LogP contribution in [0.4, 0.5) is 0 Å². The van der Waals surface area contributed by atoms with Gasteiger partial charge >= 0.3 is 0 Å². The Morgan fingerprint density at radius 1 is 1.12 bits per heavy atom. The smallest absolute Gasteiger partial charge is 0.0750 e. The van der Waals surface area contributed by atoms with E-state index in [0.717, 1.165) is 30.8 Å². The Morgan fingerprint density at radius 2 is 1.75 bits per heavy atom. The highest BCUT2D eigenvalue weighted by Crippen LogP contribution is 2.56. The minimum Gasteiger partial charge on any atom is -0.389 e. The number of aliphatic hydroxyl groups excluding tert-OH is 1. The summed E-state index contributed by atoms with van der Waals surface area (Å²) in [5.41, 5.74) is 2.85. The number of hydrogen-bond donors (Lipinski definition) is 1. The first kappa shape index (κ1) is 11.9. The zero-order valence-electron chi connectivity index (χ0n) is 10.6. The molecule has 2 saturated carbocycles. The van der Waals surface area contributed by atoms with Crippen LogP contribution >= 0.6 is 0 Å². The molecule has 90 valence electrons. The summed E-state index contributed by atoms with van der Waals surface area (Å²) in [4.78, 5) is 0. The second kappa shape index (κ2) is 4.03. The Hall–Kier alpha value is -0.560. The molecular formula is C15H24O. The molecule has 2 fully saturated rings. The van der Waals surface area contributed by atoms with Crippen LogP contribution in [0, 0.1) is 17.3 Å². The van der Waals surface area contributed by atoms with Gasteiger partial charge in [-0.25, -0.2) is 0 Å². The Labute approximate surface area is 99.3 Å². The molecule has 0 aliphatic heterocycles. The van der Waals surface area contributed by atoms with E-state index in [4.69, 9.17) is 0 Å². The summed E-state index contributed by atoms with van der Waals surface area (Å²) in [6.07, 6.45) is 4.92. The first-order valence-electron chi connectivity index (χ1n) is 6.45. The van der Waals surface area contributed by atoms with Crippen LogP contribution in [0.25, 0.3) is 0 Å². The molecule has 0 aromatic heterocycles. The molecule has 0 bridgehead atoms. The maximum Gasteiger partial charge on any atom is 0.0750 e. The maximum atomic E-state index is 9.91. The van der Waals surface area contributed by atoms with Crippen molar-refractivity contribution in [1.82, 2.24) is 0 Å². The second-order valence-electron chi connectivity index (χ2n) is 6.32. The van der Waals surface area contributed by atoms with Crippen LogP contribution < -0.4 is 0 Å². The van der Waals surface area contributed by atoms with E-state index >= 15 is 0 Å². The molecule has 2 aliphatic rings. The lowest BCUT2D eigenvalue weighted by Crippen LogP contribution is -2.44. The Bertz CT molecular complexity index is 313. The van der Waals surface area contributed by atoms with Gasteiger partial charge in [-0.05, 0) is 54.9 Å². The lowest BCUT2D eigenvalue weighted by molar-refractivity contribution is 0.00409. The topological polar surface area (TPSA) is 20.2 Å². The lowest BCUT2D eigenvalue weighted by Gasteiger charge is -2.53. The van der Waals surface area contributed by atoms with Crippen molar-refractivity contribution in [2.24, 2.45) is 17.3 Å². The predicted octanol–water partition coefficient (Wildman–Crippen LogP) is 3.70. The molecule has 1 nitrogen and oxygen atoms in total.